The lowest BCUT2D eigenvalue weighted by atomic mass is 9.86. The Labute approximate surface area is 133 Å². The number of H-pyrrole nitrogens is 1. The van der Waals surface area contributed by atoms with Crippen molar-refractivity contribution < 1.29 is 0 Å². The third kappa shape index (κ3) is 2.15. The summed E-state index contributed by atoms with van der Waals surface area (Å²) in [5, 5.41) is 23.4. The van der Waals surface area contributed by atoms with Gasteiger partial charge in [0.2, 0.25) is 0 Å². The molecule has 4 rings (SSSR count). The Bertz CT molecular complexity index is 865. The minimum absolute atomic E-state index is 0.751. The number of hydrogen-bond donors (Lipinski definition) is 1. The SMILES string of the molecule is Cc1ccc(-c2nn[nH]c2C2(c3ccccc3)C=NN=N2)cc1. The molecule has 0 bridgehead atoms. The maximum atomic E-state index is 4.38. The summed E-state index contributed by atoms with van der Waals surface area (Å²) in [6, 6.07) is 18.0. The van der Waals surface area contributed by atoms with Crippen molar-refractivity contribution in [2.75, 3.05) is 0 Å². The van der Waals surface area contributed by atoms with Crippen molar-refractivity contribution in [1.29, 1.82) is 0 Å². The minimum atomic E-state index is -0.815. The highest BCUT2D eigenvalue weighted by Gasteiger charge is 2.40. The van der Waals surface area contributed by atoms with E-state index < -0.39 is 5.54 Å². The van der Waals surface area contributed by atoms with Crippen LogP contribution in [0.2, 0.25) is 0 Å². The molecule has 112 valence electrons. The average molecular weight is 302 g/mol. The molecule has 1 unspecified atom stereocenters. The van der Waals surface area contributed by atoms with Gasteiger partial charge in [-0.15, -0.1) is 15.3 Å². The van der Waals surface area contributed by atoms with Crippen molar-refractivity contribution >= 4 is 6.21 Å². The van der Waals surface area contributed by atoms with E-state index in [1.54, 1.807) is 6.21 Å². The Kier molecular flexibility index (Phi) is 3.08. The number of aromatic nitrogens is 3. The summed E-state index contributed by atoms with van der Waals surface area (Å²) in [5.74, 6) is 0. The molecule has 1 aliphatic heterocycles. The molecule has 0 saturated heterocycles. The smallest absolute Gasteiger partial charge is 0.189 e. The van der Waals surface area contributed by atoms with Crippen LogP contribution >= 0.6 is 0 Å². The maximum Gasteiger partial charge on any atom is 0.189 e. The fraction of sp³-hybridized carbons (Fsp3) is 0.118. The molecule has 1 atom stereocenters. The van der Waals surface area contributed by atoms with Crippen LogP contribution in [0.5, 0.6) is 0 Å². The summed E-state index contributed by atoms with van der Waals surface area (Å²) in [4.78, 5) is 0. The zero-order chi connectivity index (χ0) is 15.7. The van der Waals surface area contributed by atoms with Gasteiger partial charge >= 0.3 is 0 Å². The number of rotatable bonds is 3. The maximum absolute atomic E-state index is 4.38. The summed E-state index contributed by atoms with van der Waals surface area (Å²) >= 11 is 0. The third-order valence-corrected chi connectivity index (χ3v) is 3.97. The summed E-state index contributed by atoms with van der Waals surface area (Å²) in [6.45, 7) is 2.05. The molecule has 6 nitrogen and oxygen atoms in total. The summed E-state index contributed by atoms with van der Waals surface area (Å²) < 4.78 is 0. The molecule has 1 aliphatic rings. The number of hydrogen-bond acceptors (Lipinski definition) is 5. The van der Waals surface area contributed by atoms with Gasteiger partial charge in [-0.25, -0.2) is 0 Å². The van der Waals surface area contributed by atoms with Crippen molar-refractivity contribution in [2.45, 2.75) is 12.5 Å². The first-order chi connectivity index (χ1) is 11.3. The molecule has 0 fully saturated rings. The van der Waals surface area contributed by atoms with E-state index in [9.17, 15) is 0 Å². The zero-order valence-electron chi connectivity index (χ0n) is 12.5. The van der Waals surface area contributed by atoms with Crippen molar-refractivity contribution in [3.05, 3.63) is 71.4 Å². The highest BCUT2D eigenvalue weighted by Crippen LogP contribution is 2.38. The van der Waals surface area contributed by atoms with Crippen LogP contribution in [0, 0.1) is 6.92 Å². The first kappa shape index (κ1) is 13.5. The Hall–Kier alpha value is -3.15. The van der Waals surface area contributed by atoms with E-state index in [2.05, 4.69) is 37.8 Å². The van der Waals surface area contributed by atoms with Crippen LogP contribution < -0.4 is 0 Å². The molecule has 23 heavy (non-hydrogen) atoms. The Morgan fingerprint density at radius 1 is 0.957 bits per heavy atom. The van der Waals surface area contributed by atoms with E-state index in [4.69, 9.17) is 0 Å². The topological polar surface area (TPSA) is 78.6 Å². The lowest BCUT2D eigenvalue weighted by Gasteiger charge is -2.21. The molecule has 6 heteroatoms. The lowest BCUT2D eigenvalue weighted by Crippen LogP contribution is -2.26. The molecule has 2 aromatic carbocycles. The van der Waals surface area contributed by atoms with Crippen LogP contribution in [0.15, 0.2) is 70.0 Å². The average Bonchev–Trinajstić information content (AvgIpc) is 3.26. The van der Waals surface area contributed by atoms with Gasteiger partial charge in [0.15, 0.2) is 5.54 Å². The number of aryl methyl sites for hydroxylation is 1. The number of aromatic amines is 1. The van der Waals surface area contributed by atoms with E-state index in [0.717, 1.165) is 22.5 Å². The van der Waals surface area contributed by atoms with Gasteiger partial charge in [0, 0.05) is 5.56 Å². The van der Waals surface area contributed by atoms with Gasteiger partial charge in [-0.1, -0.05) is 65.4 Å². The van der Waals surface area contributed by atoms with Crippen LogP contribution in [0.1, 0.15) is 16.8 Å². The van der Waals surface area contributed by atoms with Gasteiger partial charge in [-0.3, -0.25) is 5.10 Å². The predicted molar refractivity (Wildman–Crippen MR) is 87.1 cm³/mol. The van der Waals surface area contributed by atoms with E-state index in [1.165, 1.54) is 5.56 Å². The summed E-state index contributed by atoms with van der Waals surface area (Å²) in [6.07, 6.45) is 1.72. The molecule has 0 radical (unpaired) electrons. The number of nitrogens with one attached hydrogen (secondary N) is 1. The third-order valence-electron chi connectivity index (χ3n) is 3.97. The molecular weight excluding hydrogens is 288 g/mol. The number of nitrogens with zero attached hydrogens (tertiary/aromatic N) is 5. The largest absolute Gasteiger partial charge is 0.258 e. The summed E-state index contributed by atoms with van der Waals surface area (Å²) in [5.41, 5.74) is 3.83. The monoisotopic (exact) mass is 302 g/mol. The Morgan fingerprint density at radius 3 is 2.43 bits per heavy atom. The van der Waals surface area contributed by atoms with E-state index in [-0.39, 0.29) is 0 Å². The highest BCUT2D eigenvalue weighted by atomic mass is 15.4. The molecule has 3 aromatic rings. The van der Waals surface area contributed by atoms with Gasteiger partial charge in [0.25, 0.3) is 0 Å². The standard InChI is InChI=1S/C17H14N6/c1-12-7-9-13(10-8-12)15-16(20-23-19-15)17(11-18-22-21-17)14-5-3-2-4-6-14/h2-11H,1H3,(H,19,20,23). The molecule has 0 amide bonds. The summed E-state index contributed by atoms with van der Waals surface area (Å²) in [7, 11) is 0. The second-order valence-corrected chi connectivity index (χ2v) is 5.47. The first-order valence-electron chi connectivity index (χ1n) is 7.30. The van der Waals surface area contributed by atoms with Crippen molar-refractivity contribution in [1.82, 2.24) is 15.4 Å². The van der Waals surface area contributed by atoms with Gasteiger partial charge in [0.05, 0.1) is 6.21 Å². The quantitative estimate of drug-likeness (QED) is 0.804. The van der Waals surface area contributed by atoms with Crippen LogP contribution in [0.3, 0.4) is 0 Å². The van der Waals surface area contributed by atoms with Crippen LogP contribution in [0.4, 0.5) is 0 Å². The molecule has 0 saturated carbocycles. The molecular formula is C17H14N6. The predicted octanol–water partition coefficient (Wildman–Crippen LogP) is 3.48. The zero-order valence-corrected chi connectivity index (χ0v) is 12.5. The molecule has 2 heterocycles. The van der Waals surface area contributed by atoms with E-state index >= 15 is 0 Å². The van der Waals surface area contributed by atoms with Gasteiger partial charge in [0.1, 0.15) is 11.4 Å². The van der Waals surface area contributed by atoms with E-state index in [1.807, 2.05) is 54.6 Å². The highest BCUT2D eigenvalue weighted by molar-refractivity contribution is 5.82. The second kappa shape index (κ2) is 5.24. The fourth-order valence-electron chi connectivity index (χ4n) is 2.72. The van der Waals surface area contributed by atoms with E-state index in [0.29, 0.717) is 0 Å². The fourth-order valence-corrected chi connectivity index (χ4v) is 2.72. The normalized spacial score (nSPS) is 19.3. The van der Waals surface area contributed by atoms with Crippen molar-refractivity contribution in [3.8, 4) is 11.3 Å². The van der Waals surface area contributed by atoms with Crippen molar-refractivity contribution in [2.24, 2.45) is 15.4 Å². The first-order valence-corrected chi connectivity index (χ1v) is 7.30. The Morgan fingerprint density at radius 2 is 1.74 bits per heavy atom. The second-order valence-electron chi connectivity index (χ2n) is 5.47. The van der Waals surface area contributed by atoms with Crippen LogP contribution in [0.25, 0.3) is 11.3 Å². The van der Waals surface area contributed by atoms with Crippen LogP contribution in [-0.4, -0.2) is 21.6 Å². The molecule has 0 aliphatic carbocycles. The molecule has 1 N–H and O–H groups in total. The van der Waals surface area contributed by atoms with Crippen molar-refractivity contribution in [3.63, 3.8) is 0 Å². The van der Waals surface area contributed by atoms with Crippen LogP contribution in [-0.2, 0) is 5.54 Å². The van der Waals surface area contributed by atoms with Gasteiger partial charge in [-0.2, -0.15) is 0 Å². The molecule has 0 spiro atoms. The number of benzene rings is 2. The van der Waals surface area contributed by atoms with Gasteiger partial charge < -0.3 is 0 Å². The minimum Gasteiger partial charge on any atom is -0.258 e. The van der Waals surface area contributed by atoms with Gasteiger partial charge in [-0.05, 0) is 17.7 Å². The lowest BCUT2D eigenvalue weighted by molar-refractivity contribution is 0.688. The Balaban J connectivity index is 1.90. The molecule has 1 aromatic heterocycles.